The van der Waals surface area contributed by atoms with E-state index in [0.29, 0.717) is 17.9 Å². The van der Waals surface area contributed by atoms with Crippen molar-refractivity contribution >= 4 is 9.84 Å². The summed E-state index contributed by atoms with van der Waals surface area (Å²) in [5, 5.41) is 7.04. The largest absolute Gasteiger partial charge is 0.411 e. The Morgan fingerprint density at radius 3 is 2.41 bits per heavy atom. The van der Waals surface area contributed by atoms with E-state index >= 15 is 0 Å². The quantitative estimate of drug-likeness (QED) is 0.876. The topological polar surface area (TPSA) is 99.1 Å². The zero-order chi connectivity index (χ0) is 16.3. The Morgan fingerprint density at radius 2 is 1.82 bits per heavy atom. The summed E-state index contributed by atoms with van der Waals surface area (Å²) in [6.45, 7) is 5.98. The van der Waals surface area contributed by atoms with Gasteiger partial charge in [-0.2, -0.15) is 0 Å². The van der Waals surface area contributed by atoms with E-state index in [4.69, 9.17) is 10.2 Å². The van der Waals surface area contributed by atoms with Gasteiger partial charge >= 0.3 is 5.22 Å². The van der Waals surface area contributed by atoms with Crippen LogP contribution in [0, 0.1) is 12.8 Å². The third-order valence-corrected chi connectivity index (χ3v) is 4.62. The summed E-state index contributed by atoms with van der Waals surface area (Å²) in [4.78, 5) is 0. The van der Waals surface area contributed by atoms with Crippen LogP contribution in [-0.2, 0) is 15.6 Å². The number of sulfone groups is 1. The number of aryl methyl sites for hydroxylation is 1. The number of benzene rings is 1. The molecule has 2 aromatic rings. The molecule has 22 heavy (non-hydrogen) atoms. The van der Waals surface area contributed by atoms with E-state index in [1.54, 1.807) is 12.1 Å². The second-order valence-corrected chi connectivity index (χ2v) is 7.75. The third kappa shape index (κ3) is 4.14. The molecular formula is C15H21N3O3S. The van der Waals surface area contributed by atoms with Crippen LogP contribution in [0.5, 0.6) is 0 Å². The van der Waals surface area contributed by atoms with E-state index in [-0.39, 0.29) is 16.9 Å². The molecule has 0 spiro atoms. The molecule has 0 aliphatic carbocycles. The predicted molar refractivity (Wildman–Crippen MR) is 82.8 cm³/mol. The van der Waals surface area contributed by atoms with Crippen LogP contribution in [0.15, 0.2) is 33.9 Å². The SMILES string of the molecule is Cc1ccc(CS(=O)(=O)c2nnc(C(N)CC(C)C)o2)cc1. The molecule has 0 radical (unpaired) electrons. The summed E-state index contributed by atoms with van der Waals surface area (Å²) < 4.78 is 29.9. The summed E-state index contributed by atoms with van der Waals surface area (Å²) >= 11 is 0. The zero-order valence-corrected chi connectivity index (χ0v) is 13.8. The highest BCUT2D eigenvalue weighted by Crippen LogP contribution is 2.21. The molecule has 0 fully saturated rings. The lowest BCUT2D eigenvalue weighted by atomic mass is 10.1. The summed E-state index contributed by atoms with van der Waals surface area (Å²) in [6, 6.07) is 6.82. The maximum Gasteiger partial charge on any atom is 0.335 e. The van der Waals surface area contributed by atoms with Gasteiger partial charge in [-0.05, 0) is 24.8 Å². The van der Waals surface area contributed by atoms with Gasteiger partial charge in [-0.1, -0.05) is 48.8 Å². The maximum atomic E-state index is 12.3. The van der Waals surface area contributed by atoms with Crippen LogP contribution < -0.4 is 5.73 Å². The first kappa shape index (κ1) is 16.6. The Bertz CT molecular complexity index is 721. The molecule has 1 aromatic heterocycles. The monoisotopic (exact) mass is 323 g/mol. The molecule has 2 rings (SSSR count). The average Bonchev–Trinajstić information content (AvgIpc) is 2.91. The number of aromatic nitrogens is 2. The lowest BCUT2D eigenvalue weighted by Crippen LogP contribution is -2.13. The van der Waals surface area contributed by atoms with Crippen LogP contribution in [0.1, 0.15) is 43.3 Å². The minimum Gasteiger partial charge on any atom is -0.411 e. The van der Waals surface area contributed by atoms with E-state index < -0.39 is 15.9 Å². The van der Waals surface area contributed by atoms with Gasteiger partial charge in [-0.3, -0.25) is 0 Å². The Balaban J connectivity index is 2.16. The van der Waals surface area contributed by atoms with Crippen molar-refractivity contribution in [3.8, 4) is 0 Å². The Hall–Kier alpha value is -1.73. The van der Waals surface area contributed by atoms with Crippen LogP contribution in [0.25, 0.3) is 0 Å². The predicted octanol–water partition coefficient (Wildman–Crippen LogP) is 2.40. The molecule has 0 bridgehead atoms. The molecule has 0 saturated carbocycles. The molecule has 1 atom stereocenters. The lowest BCUT2D eigenvalue weighted by molar-refractivity contribution is 0.352. The van der Waals surface area contributed by atoms with Gasteiger partial charge in [0.1, 0.15) is 0 Å². The first-order valence-corrected chi connectivity index (χ1v) is 8.80. The fraction of sp³-hybridized carbons (Fsp3) is 0.467. The fourth-order valence-corrected chi connectivity index (χ4v) is 3.20. The van der Waals surface area contributed by atoms with Gasteiger partial charge in [0.15, 0.2) is 0 Å². The Morgan fingerprint density at radius 1 is 1.18 bits per heavy atom. The van der Waals surface area contributed by atoms with Gasteiger partial charge in [0.2, 0.25) is 15.7 Å². The van der Waals surface area contributed by atoms with Crippen molar-refractivity contribution in [2.75, 3.05) is 0 Å². The average molecular weight is 323 g/mol. The summed E-state index contributed by atoms with van der Waals surface area (Å²) in [5.41, 5.74) is 7.68. The van der Waals surface area contributed by atoms with E-state index in [2.05, 4.69) is 10.2 Å². The van der Waals surface area contributed by atoms with E-state index in [1.165, 1.54) is 0 Å². The molecule has 2 N–H and O–H groups in total. The Labute approximate surface area is 130 Å². The van der Waals surface area contributed by atoms with Crippen molar-refractivity contribution in [2.24, 2.45) is 11.7 Å². The van der Waals surface area contributed by atoms with Crippen molar-refractivity contribution < 1.29 is 12.8 Å². The number of nitrogens with zero attached hydrogens (tertiary/aromatic N) is 2. The molecule has 7 heteroatoms. The summed E-state index contributed by atoms with van der Waals surface area (Å²) in [5.74, 6) is 0.347. The third-order valence-electron chi connectivity index (χ3n) is 3.21. The zero-order valence-electron chi connectivity index (χ0n) is 13.0. The van der Waals surface area contributed by atoms with Crippen molar-refractivity contribution in [3.63, 3.8) is 0 Å². The van der Waals surface area contributed by atoms with Crippen LogP contribution in [0.4, 0.5) is 0 Å². The van der Waals surface area contributed by atoms with E-state index in [1.807, 2.05) is 32.9 Å². The minimum atomic E-state index is -3.66. The van der Waals surface area contributed by atoms with Crippen molar-refractivity contribution in [3.05, 3.63) is 41.3 Å². The lowest BCUT2D eigenvalue weighted by Gasteiger charge is -2.08. The van der Waals surface area contributed by atoms with Gasteiger partial charge in [-0.25, -0.2) is 8.42 Å². The highest BCUT2D eigenvalue weighted by Gasteiger charge is 2.25. The van der Waals surface area contributed by atoms with Gasteiger partial charge in [-0.15, -0.1) is 5.10 Å². The van der Waals surface area contributed by atoms with Crippen molar-refractivity contribution in [1.29, 1.82) is 0 Å². The molecule has 0 saturated heterocycles. The summed E-state index contributed by atoms with van der Waals surface area (Å²) in [7, 11) is -3.66. The maximum absolute atomic E-state index is 12.3. The second kappa shape index (κ2) is 6.58. The molecule has 1 unspecified atom stereocenters. The highest BCUT2D eigenvalue weighted by atomic mass is 32.2. The van der Waals surface area contributed by atoms with E-state index in [9.17, 15) is 8.42 Å². The van der Waals surface area contributed by atoms with Crippen LogP contribution >= 0.6 is 0 Å². The van der Waals surface area contributed by atoms with Crippen LogP contribution in [0.3, 0.4) is 0 Å². The highest BCUT2D eigenvalue weighted by molar-refractivity contribution is 7.90. The Kier molecular flexibility index (Phi) is 4.97. The van der Waals surface area contributed by atoms with Gasteiger partial charge in [0, 0.05) is 0 Å². The molecule has 0 aliphatic heterocycles. The van der Waals surface area contributed by atoms with Crippen LogP contribution in [0.2, 0.25) is 0 Å². The minimum absolute atomic E-state index is 0.163. The van der Waals surface area contributed by atoms with Gasteiger partial charge < -0.3 is 10.2 Å². The fourth-order valence-electron chi connectivity index (χ4n) is 2.07. The standard InChI is InChI=1S/C15H21N3O3S/c1-10(2)8-13(16)14-17-18-15(21-14)22(19,20)9-12-6-4-11(3)5-7-12/h4-7,10,13H,8-9,16H2,1-3H3. The normalized spacial score (nSPS) is 13.5. The molecule has 6 nitrogen and oxygen atoms in total. The molecule has 1 heterocycles. The first-order valence-electron chi connectivity index (χ1n) is 7.15. The van der Waals surface area contributed by atoms with Gasteiger partial charge in [0.25, 0.3) is 0 Å². The molecular weight excluding hydrogens is 302 g/mol. The first-order chi connectivity index (χ1) is 10.3. The molecule has 0 amide bonds. The number of hydrogen-bond acceptors (Lipinski definition) is 6. The number of nitrogens with two attached hydrogens (primary N) is 1. The molecule has 120 valence electrons. The smallest absolute Gasteiger partial charge is 0.335 e. The van der Waals surface area contributed by atoms with E-state index in [0.717, 1.165) is 5.56 Å². The van der Waals surface area contributed by atoms with Crippen molar-refractivity contribution in [1.82, 2.24) is 10.2 Å². The van der Waals surface area contributed by atoms with Crippen LogP contribution in [-0.4, -0.2) is 18.6 Å². The van der Waals surface area contributed by atoms with Gasteiger partial charge in [0.05, 0.1) is 11.8 Å². The number of hydrogen-bond donors (Lipinski definition) is 1. The molecule has 0 aliphatic rings. The second-order valence-electron chi connectivity index (χ2n) is 5.89. The molecule has 1 aromatic carbocycles. The number of rotatable bonds is 6. The summed E-state index contributed by atoms with van der Waals surface area (Å²) in [6.07, 6.45) is 0.652. The van der Waals surface area contributed by atoms with Crippen molar-refractivity contribution in [2.45, 2.75) is 44.2 Å².